The van der Waals surface area contributed by atoms with E-state index in [1.807, 2.05) is 25.1 Å². The summed E-state index contributed by atoms with van der Waals surface area (Å²) in [4.78, 5) is 4.28. The standard InChI is InChI=1S/C19H22FN3O3.HI/c1-13(26-16-6-3-14(20)4-7-16)12-22-19(21)23-15-5-8-17-18(11-15)25-10-2-9-24-17;/h3-8,11,13H,2,9-10,12H2,1H3,(H3,21,22,23);1H. The van der Waals surface area contributed by atoms with Crippen molar-refractivity contribution in [1.29, 1.82) is 0 Å². The van der Waals surface area contributed by atoms with Crippen LogP contribution in [-0.4, -0.2) is 31.8 Å². The Kier molecular flexibility index (Phi) is 7.96. The van der Waals surface area contributed by atoms with Crippen LogP contribution in [0.15, 0.2) is 47.5 Å². The highest BCUT2D eigenvalue weighted by Gasteiger charge is 2.11. The first kappa shape index (κ1) is 21.1. The molecule has 2 aromatic carbocycles. The van der Waals surface area contributed by atoms with Crippen LogP contribution < -0.4 is 25.3 Å². The van der Waals surface area contributed by atoms with Gasteiger partial charge in [0.1, 0.15) is 17.7 Å². The predicted molar refractivity (Wildman–Crippen MR) is 114 cm³/mol. The van der Waals surface area contributed by atoms with Crippen LogP contribution in [0.4, 0.5) is 10.1 Å². The highest BCUT2D eigenvalue weighted by molar-refractivity contribution is 14.0. The van der Waals surface area contributed by atoms with Crippen LogP contribution in [0.3, 0.4) is 0 Å². The van der Waals surface area contributed by atoms with Crippen molar-refractivity contribution >= 4 is 35.6 Å². The molecule has 3 N–H and O–H groups in total. The molecule has 8 heteroatoms. The topological polar surface area (TPSA) is 78.1 Å². The van der Waals surface area contributed by atoms with Gasteiger partial charge < -0.3 is 25.3 Å². The summed E-state index contributed by atoms with van der Waals surface area (Å²) in [6, 6.07) is 11.4. The van der Waals surface area contributed by atoms with E-state index in [9.17, 15) is 4.39 Å². The SMILES string of the molecule is CC(CN=C(N)Nc1ccc2c(c1)OCCCO2)Oc1ccc(F)cc1.I. The van der Waals surface area contributed by atoms with E-state index in [1.54, 1.807) is 12.1 Å². The maximum absolute atomic E-state index is 12.9. The Morgan fingerprint density at radius 3 is 2.63 bits per heavy atom. The molecule has 0 fully saturated rings. The number of halogens is 2. The van der Waals surface area contributed by atoms with E-state index < -0.39 is 0 Å². The molecule has 1 aliphatic rings. The molecule has 0 amide bonds. The van der Waals surface area contributed by atoms with E-state index in [4.69, 9.17) is 19.9 Å². The number of nitrogens with two attached hydrogens (primary N) is 1. The summed E-state index contributed by atoms with van der Waals surface area (Å²) < 4.78 is 29.8. The van der Waals surface area contributed by atoms with Crippen molar-refractivity contribution in [3.8, 4) is 17.2 Å². The zero-order valence-corrected chi connectivity index (χ0v) is 17.3. The normalized spacial score (nSPS) is 14.5. The first-order valence-electron chi connectivity index (χ1n) is 8.49. The lowest BCUT2D eigenvalue weighted by molar-refractivity contribution is 0.230. The number of anilines is 1. The van der Waals surface area contributed by atoms with Crippen LogP contribution in [0.1, 0.15) is 13.3 Å². The lowest BCUT2D eigenvalue weighted by Gasteiger charge is -2.14. The van der Waals surface area contributed by atoms with Crippen molar-refractivity contribution in [2.45, 2.75) is 19.4 Å². The summed E-state index contributed by atoms with van der Waals surface area (Å²) >= 11 is 0. The fourth-order valence-electron chi connectivity index (χ4n) is 2.44. The van der Waals surface area contributed by atoms with Crippen LogP contribution >= 0.6 is 24.0 Å². The largest absolute Gasteiger partial charge is 0.490 e. The summed E-state index contributed by atoms with van der Waals surface area (Å²) in [6.45, 7) is 3.50. The van der Waals surface area contributed by atoms with Gasteiger partial charge in [-0.3, -0.25) is 0 Å². The van der Waals surface area contributed by atoms with Crippen LogP contribution in [0.2, 0.25) is 0 Å². The molecule has 2 aromatic rings. The fraction of sp³-hybridized carbons (Fsp3) is 0.316. The van der Waals surface area contributed by atoms with Gasteiger partial charge in [-0.15, -0.1) is 24.0 Å². The Labute approximate surface area is 174 Å². The number of nitrogens with one attached hydrogen (secondary N) is 1. The van der Waals surface area contributed by atoms with Gasteiger partial charge in [-0.25, -0.2) is 9.38 Å². The van der Waals surface area contributed by atoms with Crippen molar-refractivity contribution < 1.29 is 18.6 Å². The number of hydrogen-bond acceptors (Lipinski definition) is 4. The Morgan fingerprint density at radius 2 is 1.89 bits per heavy atom. The fourth-order valence-corrected chi connectivity index (χ4v) is 2.44. The molecule has 3 rings (SSSR count). The number of ether oxygens (including phenoxy) is 3. The molecule has 1 unspecified atom stereocenters. The molecule has 1 heterocycles. The van der Waals surface area contributed by atoms with Crippen molar-refractivity contribution in [3.05, 3.63) is 48.3 Å². The van der Waals surface area contributed by atoms with Gasteiger partial charge in [-0.1, -0.05) is 0 Å². The minimum absolute atomic E-state index is 0. The Bertz CT molecular complexity index is 771. The predicted octanol–water partition coefficient (Wildman–Crippen LogP) is 3.80. The molecule has 1 atom stereocenters. The molecule has 0 spiro atoms. The van der Waals surface area contributed by atoms with Gasteiger partial charge in [0.05, 0.1) is 19.8 Å². The minimum Gasteiger partial charge on any atom is -0.490 e. The third-order valence-electron chi connectivity index (χ3n) is 3.69. The van der Waals surface area contributed by atoms with E-state index in [0.717, 1.165) is 17.9 Å². The molecule has 0 aromatic heterocycles. The average molecular weight is 487 g/mol. The van der Waals surface area contributed by atoms with Gasteiger partial charge >= 0.3 is 0 Å². The molecular weight excluding hydrogens is 464 g/mol. The van der Waals surface area contributed by atoms with E-state index in [2.05, 4.69) is 10.3 Å². The first-order valence-corrected chi connectivity index (χ1v) is 8.49. The summed E-state index contributed by atoms with van der Waals surface area (Å²) in [5.74, 6) is 1.97. The van der Waals surface area contributed by atoms with Gasteiger partial charge in [-0.2, -0.15) is 0 Å². The Balaban J connectivity index is 0.00000261. The Hall–Kier alpha value is -2.23. The number of guanidine groups is 1. The lowest BCUT2D eigenvalue weighted by atomic mass is 10.3. The third-order valence-corrected chi connectivity index (χ3v) is 3.69. The maximum atomic E-state index is 12.9. The second-order valence-corrected chi connectivity index (χ2v) is 5.95. The number of fused-ring (bicyclic) bond motifs is 1. The van der Waals surface area contributed by atoms with Crippen molar-refractivity contribution in [2.24, 2.45) is 10.7 Å². The number of rotatable bonds is 5. The molecule has 1 aliphatic heterocycles. The lowest BCUT2D eigenvalue weighted by Crippen LogP contribution is -2.25. The molecule has 0 saturated heterocycles. The molecule has 146 valence electrons. The molecule has 0 aliphatic carbocycles. The first-order chi connectivity index (χ1) is 12.6. The number of aliphatic imine (C=N–C) groups is 1. The van der Waals surface area contributed by atoms with Gasteiger partial charge in [-0.05, 0) is 43.3 Å². The highest BCUT2D eigenvalue weighted by Crippen LogP contribution is 2.32. The van der Waals surface area contributed by atoms with E-state index in [0.29, 0.717) is 31.3 Å². The Morgan fingerprint density at radius 1 is 1.19 bits per heavy atom. The molecule has 6 nitrogen and oxygen atoms in total. The summed E-state index contributed by atoms with van der Waals surface area (Å²) in [5.41, 5.74) is 6.70. The zero-order chi connectivity index (χ0) is 18.4. The average Bonchev–Trinajstić information content (AvgIpc) is 2.87. The van der Waals surface area contributed by atoms with Crippen LogP contribution in [-0.2, 0) is 0 Å². The third kappa shape index (κ3) is 6.46. The van der Waals surface area contributed by atoms with Gasteiger partial charge in [0.25, 0.3) is 0 Å². The van der Waals surface area contributed by atoms with Crippen LogP contribution in [0.5, 0.6) is 17.2 Å². The summed E-state index contributed by atoms with van der Waals surface area (Å²) in [6.07, 6.45) is 0.650. The van der Waals surface area contributed by atoms with E-state index in [-0.39, 0.29) is 41.9 Å². The van der Waals surface area contributed by atoms with Gasteiger partial charge in [0, 0.05) is 18.2 Å². The number of nitrogens with zero attached hydrogens (tertiary/aromatic N) is 1. The van der Waals surface area contributed by atoms with Crippen molar-refractivity contribution in [1.82, 2.24) is 0 Å². The molecule has 27 heavy (non-hydrogen) atoms. The number of benzene rings is 2. The summed E-state index contributed by atoms with van der Waals surface area (Å²) in [7, 11) is 0. The molecule has 0 bridgehead atoms. The monoisotopic (exact) mass is 487 g/mol. The van der Waals surface area contributed by atoms with Crippen LogP contribution in [0.25, 0.3) is 0 Å². The summed E-state index contributed by atoms with van der Waals surface area (Å²) in [5, 5.41) is 3.03. The van der Waals surface area contributed by atoms with Gasteiger partial charge in [0.2, 0.25) is 0 Å². The van der Waals surface area contributed by atoms with Crippen LogP contribution in [0, 0.1) is 5.82 Å². The zero-order valence-electron chi connectivity index (χ0n) is 15.0. The second-order valence-electron chi connectivity index (χ2n) is 5.95. The minimum atomic E-state index is -0.299. The smallest absolute Gasteiger partial charge is 0.193 e. The van der Waals surface area contributed by atoms with Crippen molar-refractivity contribution in [3.63, 3.8) is 0 Å². The quantitative estimate of drug-likeness (QED) is 0.381. The maximum Gasteiger partial charge on any atom is 0.193 e. The van der Waals surface area contributed by atoms with Gasteiger partial charge in [0.15, 0.2) is 17.5 Å². The highest BCUT2D eigenvalue weighted by atomic mass is 127. The van der Waals surface area contributed by atoms with E-state index >= 15 is 0 Å². The number of hydrogen-bond donors (Lipinski definition) is 2. The molecular formula is C19H23FIN3O3. The second kappa shape index (κ2) is 10.2. The van der Waals surface area contributed by atoms with Crippen molar-refractivity contribution in [2.75, 3.05) is 25.1 Å². The van der Waals surface area contributed by atoms with E-state index in [1.165, 1.54) is 12.1 Å². The molecule has 0 radical (unpaired) electrons. The molecule has 0 saturated carbocycles.